The Labute approximate surface area is 153 Å². The number of carbonyl (C=O) groups is 1. The molecule has 0 aliphatic heterocycles. The van der Waals surface area contributed by atoms with E-state index in [1.54, 1.807) is 0 Å². The summed E-state index contributed by atoms with van der Waals surface area (Å²) in [5, 5.41) is 27.3. The van der Waals surface area contributed by atoms with Gasteiger partial charge in [0, 0.05) is 6.42 Å². The Kier molecular flexibility index (Phi) is 16.7. The van der Waals surface area contributed by atoms with E-state index in [9.17, 15) is 15.0 Å². The van der Waals surface area contributed by atoms with Crippen molar-refractivity contribution in [1.29, 1.82) is 0 Å². The summed E-state index contributed by atoms with van der Waals surface area (Å²) in [4.78, 5) is 11.5. The minimum atomic E-state index is -1.45. The van der Waals surface area contributed by atoms with E-state index in [1.807, 2.05) is 0 Å². The summed E-state index contributed by atoms with van der Waals surface area (Å²) >= 11 is 0. The van der Waals surface area contributed by atoms with Crippen LogP contribution in [0, 0.1) is 0 Å². The molecular weight excluding hydrogens is 316 g/mol. The highest BCUT2D eigenvalue weighted by molar-refractivity contribution is 5.83. The van der Waals surface area contributed by atoms with Crippen LogP contribution >= 0.6 is 0 Å². The Hall–Kier alpha value is -1.23. The lowest BCUT2D eigenvalue weighted by Crippen LogP contribution is -2.36. The molecule has 4 heteroatoms. The standard InChI is InChI=1S/C21H36O4/c1-2-3-4-5-6-7-8-9-10-11-12-13-14-15-16-17-19(23)21(25)20(24)18-22/h3-4,6-7,9-10,20-22,24-25H,2,5,8,11-18H2,1H3/b4-3-,7-6-,10-9-. The number of rotatable bonds is 16. The van der Waals surface area contributed by atoms with Gasteiger partial charge in [-0.25, -0.2) is 0 Å². The van der Waals surface area contributed by atoms with Gasteiger partial charge >= 0.3 is 0 Å². The van der Waals surface area contributed by atoms with Crippen molar-refractivity contribution in [3.05, 3.63) is 36.5 Å². The van der Waals surface area contributed by atoms with Gasteiger partial charge in [0.2, 0.25) is 0 Å². The molecule has 0 aromatic heterocycles. The third kappa shape index (κ3) is 14.8. The van der Waals surface area contributed by atoms with Crippen molar-refractivity contribution >= 4 is 5.78 Å². The van der Waals surface area contributed by atoms with Crippen molar-refractivity contribution in [2.24, 2.45) is 0 Å². The highest BCUT2D eigenvalue weighted by Gasteiger charge is 2.22. The van der Waals surface area contributed by atoms with Crippen LogP contribution in [0.3, 0.4) is 0 Å². The van der Waals surface area contributed by atoms with Gasteiger partial charge in [-0.1, -0.05) is 62.6 Å². The van der Waals surface area contributed by atoms with Crippen LogP contribution < -0.4 is 0 Å². The third-order valence-electron chi connectivity index (χ3n) is 3.96. The van der Waals surface area contributed by atoms with Gasteiger partial charge < -0.3 is 15.3 Å². The molecule has 0 aliphatic carbocycles. The summed E-state index contributed by atoms with van der Waals surface area (Å²) < 4.78 is 0. The molecule has 4 nitrogen and oxygen atoms in total. The Morgan fingerprint density at radius 3 is 2.04 bits per heavy atom. The van der Waals surface area contributed by atoms with Gasteiger partial charge in [0.05, 0.1) is 6.61 Å². The van der Waals surface area contributed by atoms with Crippen molar-refractivity contribution in [3.63, 3.8) is 0 Å². The second-order valence-corrected chi connectivity index (χ2v) is 6.26. The van der Waals surface area contributed by atoms with Gasteiger partial charge in [-0.15, -0.1) is 0 Å². The van der Waals surface area contributed by atoms with Gasteiger partial charge in [-0.3, -0.25) is 4.79 Å². The van der Waals surface area contributed by atoms with Crippen LogP contribution in [0.2, 0.25) is 0 Å². The van der Waals surface area contributed by atoms with E-state index in [4.69, 9.17) is 5.11 Å². The highest BCUT2D eigenvalue weighted by atomic mass is 16.4. The zero-order valence-electron chi connectivity index (χ0n) is 15.6. The highest BCUT2D eigenvalue weighted by Crippen LogP contribution is 2.10. The summed E-state index contributed by atoms with van der Waals surface area (Å²) in [5.41, 5.74) is 0. The molecule has 0 aliphatic rings. The summed E-state index contributed by atoms with van der Waals surface area (Å²) in [7, 11) is 0. The summed E-state index contributed by atoms with van der Waals surface area (Å²) in [6.45, 7) is 1.55. The topological polar surface area (TPSA) is 77.8 Å². The Morgan fingerprint density at radius 1 is 0.840 bits per heavy atom. The lowest BCUT2D eigenvalue weighted by atomic mass is 10.0. The van der Waals surface area contributed by atoms with Gasteiger partial charge in [0.25, 0.3) is 0 Å². The van der Waals surface area contributed by atoms with Gasteiger partial charge in [-0.05, 0) is 38.5 Å². The molecular formula is C21H36O4. The first-order valence-electron chi connectivity index (χ1n) is 9.58. The van der Waals surface area contributed by atoms with Crippen LogP contribution in [0.15, 0.2) is 36.5 Å². The lowest BCUT2D eigenvalue weighted by molar-refractivity contribution is -0.134. The van der Waals surface area contributed by atoms with Crippen molar-refractivity contribution in [2.75, 3.05) is 6.61 Å². The minimum absolute atomic E-state index is 0.262. The molecule has 144 valence electrons. The van der Waals surface area contributed by atoms with Crippen LogP contribution in [0.25, 0.3) is 0 Å². The molecule has 2 unspecified atom stereocenters. The first kappa shape index (κ1) is 23.8. The second-order valence-electron chi connectivity index (χ2n) is 6.26. The molecule has 0 aromatic carbocycles. The molecule has 0 fully saturated rings. The number of carbonyl (C=O) groups excluding carboxylic acids is 1. The monoisotopic (exact) mass is 352 g/mol. The number of ketones is 1. The van der Waals surface area contributed by atoms with E-state index in [-0.39, 0.29) is 12.2 Å². The van der Waals surface area contributed by atoms with Crippen molar-refractivity contribution in [3.8, 4) is 0 Å². The molecule has 0 aromatic rings. The number of aliphatic hydroxyl groups is 3. The maximum absolute atomic E-state index is 11.5. The quantitative estimate of drug-likeness (QED) is 0.291. The number of unbranched alkanes of at least 4 members (excludes halogenated alkanes) is 5. The van der Waals surface area contributed by atoms with Crippen LogP contribution in [0.4, 0.5) is 0 Å². The Balaban J connectivity index is 3.45. The van der Waals surface area contributed by atoms with Gasteiger partial charge in [0.1, 0.15) is 12.2 Å². The fourth-order valence-corrected chi connectivity index (χ4v) is 2.38. The van der Waals surface area contributed by atoms with E-state index >= 15 is 0 Å². The van der Waals surface area contributed by atoms with E-state index in [1.165, 1.54) is 0 Å². The predicted molar refractivity (Wildman–Crippen MR) is 103 cm³/mol. The largest absolute Gasteiger partial charge is 0.394 e. The smallest absolute Gasteiger partial charge is 0.164 e. The average Bonchev–Trinajstić information content (AvgIpc) is 2.63. The Bertz CT molecular complexity index is 399. The fraction of sp³-hybridized carbons (Fsp3) is 0.667. The van der Waals surface area contributed by atoms with Crippen molar-refractivity contribution in [2.45, 2.75) is 83.3 Å². The molecule has 25 heavy (non-hydrogen) atoms. The number of hydrogen-bond acceptors (Lipinski definition) is 4. The molecule has 0 bridgehead atoms. The maximum Gasteiger partial charge on any atom is 0.164 e. The molecule has 2 atom stereocenters. The molecule has 0 saturated heterocycles. The first-order chi connectivity index (χ1) is 12.1. The maximum atomic E-state index is 11.5. The predicted octanol–water partition coefficient (Wildman–Crippen LogP) is 3.86. The number of hydrogen-bond donors (Lipinski definition) is 3. The molecule has 0 heterocycles. The normalized spacial score (nSPS) is 14.7. The first-order valence-corrected chi connectivity index (χ1v) is 9.58. The number of aliphatic hydroxyl groups excluding tert-OH is 3. The summed E-state index contributed by atoms with van der Waals surface area (Å²) in [6.07, 6.45) is 19.8. The summed E-state index contributed by atoms with van der Waals surface area (Å²) in [6, 6.07) is 0. The third-order valence-corrected chi connectivity index (χ3v) is 3.96. The van der Waals surface area contributed by atoms with E-state index < -0.39 is 18.8 Å². The zero-order valence-corrected chi connectivity index (χ0v) is 15.6. The fourth-order valence-electron chi connectivity index (χ4n) is 2.38. The summed E-state index contributed by atoms with van der Waals surface area (Å²) in [5.74, 6) is -0.386. The molecule has 0 amide bonds. The number of allylic oxidation sites excluding steroid dienone is 6. The Morgan fingerprint density at radius 2 is 1.40 bits per heavy atom. The van der Waals surface area contributed by atoms with Crippen LogP contribution in [-0.4, -0.2) is 39.9 Å². The van der Waals surface area contributed by atoms with Gasteiger partial charge in [0.15, 0.2) is 5.78 Å². The van der Waals surface area contributed by atoms with Crippen molar-refractivity contribution in [1.82, 2.24) is 0 Å². The van der Waals surface area contributed by atoms with Crippen molar-refractivity contribution < 1.29 is 20.1 Å². The number of Topliss-reactive ketones (excluding diaryl/α,β-unsaturated/α-hetero) is 1. The minimum Gasteiger partial charge on any atom is -0.394 e. The lowest BCUT2D eigenvalue weighted by Gasteiger charge is -2.13. The molecule has 3 N–H and O–H groups in total. The van der Waals surface area contributed by atoms with Crippen LogP contribution in [0.1, 0.15) is 71.1 Å². The molecule has 0 rings (SSSR count). The SMILES string of the molecule is CC/C=C\C/C=C\C/C=C\CCCCCCCC(=O)C(O)C(O)CO. The molecule has 0 radical (unpaired) electrons. The average molecular weight is 353 g/mol. The van der Waals surface area contributed by atoms with Crippen LogP contribution in [0.5, 0.6) is 0 Å². The van der Waals surface area contributed by atoms with Gasteiger partial charge in [-0.2, -0.15) is 0 Å². The molecule has 0 spiro atoms. The van der Waals surface area contributed by atoms with E-state index in [2.05, 4.69) is 43.4 Å². The van der Waals surface area contributed by atoms with Crippen LogP contribution in [-0.2, 0) is 4.79 Å². The van der Waals surface area contributed by atoms with E-state index in [0.717, 1.165) is 57.8 Å². The second kappa shape index (κ2) is 17.6. The van der Waals surface area contributed by atoms with E-state index in [0.29, 0.717) is 0 Å². The molecule has 0 saturated carbocycles. The zero-order chi connectivity index (χ0) is 18.8.